The van der Waals surface area contributed by atoms with E-state index < -0.39 is 0 Å². The van der Waals surface area contributed by atoms with Gasteiger partial charge in [0, 0.05) is 11.6 Å². The molecule has 0 radical (unpaired) electrons. The van der Waals surface area contributed by atoms with Crippen molar-refractivity contribution < 1.29 is 5.11 Å². The second kappa shape index (κ2) is 7.65. The van der Waals surface area contributed by atoms with Crippen LogP contribution in [0.15, 0.2) is 24.3 Å². The Hall–Kier alpha value is -1.06. The van der Waals surface area contributed by atoms with E-state index >= 15 is 0 Å². The first kappa shape index (κ1) is 17.0. The fraction of sp³-hybridized carbons (Fsp3) is 0.647. The molecule has 114 valence electrons. The van der Waals surface area contributed by atoms with Gasteiger partial charge in [0.1, 0.15) is 5.75 Å². The topological polar surface area (TPSA) is 35.5 Å². The van der Waals surface area contributed by atoms with Crippen LogP contribution in [0.4, 0.5) is 0 Å². The summed E-state index contributed by atoms with van der Waals surface area (Å²) < 4.78 is 0. The summed E-state index contributed by atoms with van der Waals surface area (Å²) in [6.45, 7) is 14.2. The van der Waals surface area contributed by atoms with Crippen molar-refractivity contribution in [1.82, 2.24) is 10.2 Å². The third-order valence-corrected chi connectivity index (χ3v) is 4.23. The van der Waals surface area contributed by atoms with Gasteiger partial charge in [0.05, 0.1) is 0 Å². The van der Waals surface area contributed by atoms with Crippen molar-refractivity contribution in [2.24, 2.45) is 0 Å². The molecule has 0 aliphatic heterocycles. The zero-order valence-electron chi connectivity index (χ0n) is 13.6. The van der Waals surface area contributed by atoms with Crippen LogP contribution in [0.5, 0.6) is 5.75 Å². The van der Waals surface area contributed by atoms with Gasteiger partial charge in [0.25, 0.3) is 0 Å². The molecule has 0 bridgehead atoms. The SMILES string of the molecule is CCNC(Cc1cccc(O)c1)C(C)(C)N(CC)CC. The average Bonchev–Trinajstić information content (AvgIpc) is 2.39. The minimum atomic E-state index is 0.0744. The van der Waals surface area contributed by atoms with Gasteiger partial charge >= 0.3 is 0 Å². The van der Waals surface area contributed by atoms with Crippen molar-refractivity contribution >= 4 is 0 Å². The first-order valence-electron chi connectivity index (χ1n) is 7.72. The summed E-state index contributed by atoms with van der Waals surface area (Å²) in [5.41, 5.74) is 1.25. The standard InChI is InChI=1S/C17H30N2O/c1-6-18-16(17(4,5)19(7-2)8-3)13-14-10-9-11-15(20)12-14/h9-12,16,18,20H,6-8,13H2,1-5H3. The van der Waals surface area contributed by atoms with E-state index in [0.29, 0.717) is 11.8 Å². The number of nitrogens with one attached hydrogen (secondary N) is 1. The number of rotatable bonds is 8. The van der Waals surface area contributed by atoms with Gasteiger partial charge in [-0.05, 0) is 57.6 Å². The lowest BCUT2D eigenvalue weighted by Crippen LogP contribution is -2.58. The summed E-state index contributed by atoms with van der Waals surface area (Å²) >= 11 is 0. The fourth-order valence-electron chi connectivity index (χ4n) is 3.00. The van der Waals surface area contributed by atoms with Crippen LogP contribution in [-0.4, -0.2) is 41.2 Å². The molecule has 0 fully saturated rings. The number of benzene rings is 1. The molecule has 2 N–H and O–H groups in total. The second-order valence-corrected chi connectivity index (χ2v) is 5.81. The van der Waals surface area contributed by atoms with Crippen LogP contribution in [0.2, 0.25) is 0 Å². The van der Waals surface area contributed by atoms with E-state index in [1.807, 2.05) is 12.1 Å². The third-order valence-electron chi connectivity index (χ3n) is 4.23. The Morgan fingerprint density at radius 3 is 2.35 bits per heavy atom. The molecule has 1 unspecified atom stereocenters. The van der Waals surface area contributed by atoms with Crippen molar-refractivity contribution in [3.8, 4) is 5.75 Å². The Bertz CT molecular complexity index is 400. The van der Waals surface area contributed by atoms with Gasteiger partial charge in [0.2, 0.25) is 0 Å². The Morgan fingerprint density at radius 1 is 1.20 bits per heavy atom. The van der Waals surface area contributed by atoms with Gasteiger partial charge in [-0.1, -0.05) is 32.9 Å². The normalized spacial score (nSPS) is 13.7. The molecule has 1 aromatic carbocycles. The lowest BCUT2D eigenvalue weighted by atomic mass is 9.87. The lowest BCUT2D eigenvalue weighted by Gasteiger charge is -2.44. The first-order chi connectivity index (χ1) is 9.45. The number of nitrogens with zero attached hydrogens (tertiary/aromatic N) is 1. The second-order valence-electron chi connectivity index (χ2n) is 5.81. The van der Waals surface area contributed by atoms with E-state index in [9.17, 15) is 5.11 Å². The molecule has 0 saturated carbocycles. The molecule has 3 nitrogen and oxygen atoms in total. The third kappa shape index (κ3) is 4.22. The molecular weight excluding hydrogens is 248 g/mol. The highest BCUT2D eigenvalue weighted by Crippen LogP contribution is 2.23. The molecule has 0 aromatic heterocycles. The van der Waals surface area contributed by atoms with Gasteiger partial charge in [-0.15, -0.1) is 0 Å². The van der Waals surface area contributed by atoms with E-state index in [-0.39, 0.29) is 5.54 Å². The minimum Gasteiger partial charge on any atom is -0.508 e. The summed E-state index contributed by atoms with van der Waals surface area (Å²) in [7, 11) is 0. The Morgan fingerprint density at radius 2 is 1.85 bits per heavy atom. The monoisotopic (exact) mass is 278 g/mol. The van der Waals surface area contributed by atoms with Crippen LogP contribution >= 0.6 is 0 Å². The number of likely N-dealkylation sites (N-methyl/N-ethyl adjacent to an activating group) is 2. The van der Waals surface area contributed by atoms with Gasteiger partial charge in [-0.3, -0.25) is 4.90 Å². The van der Waals surface area contributed by atoms with Gasteiger partial charge < -0.3 is 10.4 Å². The van der Waals surface area contributed by atoms with Crippen molar-refractivity contribution in [2.45, 2.75) is 52.6 Å². The molecule has 1 aromatic rings. The van der Waals surface area contributed by atoms with Crippen LogP contribution < -0.4 is 5.32 Å². The molecule has 0 aliphatic rings. The maximum absolute atomic E-state index is 9.63. The van der Waals surface area contributed by atoms with Crippen molar-refractivity contribution in [1.29, 1.82) is 0 Å². The highest BCUT2D eigenvalue weighted by Gasteiger charge is 2.33. The molecule has 1 rings (SSSR count). The van der Waals surface area contributed by atoms with E-state index in [2.05, 4.69) is 50.9 Å². The summed E-state index contributed by atoms with van der Waals surface area (Å²) in [5.74, 6) is 0.346. The van der Waals surface area contributed by atoms with Crippen LogP contribution in [0.1, 0.15) is 40.2 Å². The molecular formula is C17H30N2O. The highest BCUT2D eigenvalue weighted by molar-refractivity contribution is 5.28. The van der Waals surface area contributed by atoms with Crippen LogP contribution in [0.25, 0.3) is 0 Å². The Kier molecular flexibility index (Phi) is 6.50. The molecule has 0 aliphatic carbocycles. The summed E-state index contributed by atoms with van der Waals surface area (Å²) in [4.78, 5) is 2.49. The van der Waals surface area contributed by atoms with E-state index in [4.69, 9.17) is 0 Å². The molecule has 0 amide bonds. The van der Waals surface area contributed by atoms with Crippen LogP contribution in [0.3, 0.4) is 0 Å². The number of phenolic OH excluding ortho intramolecular Hbond substituents is 1. The van der Waals surface area contributed by atoms with Crippen molar-refractivity contribution in [2.75, 3.05) is 19.6 Å². The Balaban J connectivity index is 2.92. The number of hydrogen-bond acceptors (Lipinski definition) is 3. The minimum absolute atomic E-state index is 0.0744. The molecule has 1 atom stereocenters. The highest BCUT2D eigenvalue weighted by atomic mass is 16.3. The summed E-state index contributed by atoms with van der Waals surface area (Å²) in [6.07, 6.45) is 0.922. The Labute approximate surface area is 124 Å². The molecule has 20 heavy (non-hydrogen) atoms. The van der Waals surface area contributed by atoms with E-state index in [1.165, 1.54) is 5.56 Å². The summed E-state index contributed by atoms with van der Waals surface area (Å²) in [5, 5.41) is 13.2. The number of hydrogen-bond donors (Lipinski definition) is 2. The summed E-state index contributed by atoms with van der Waals surface area (Å²) in [6, 6.07) is 7.94. The van der Waals surface area contributed by atoms with Gasteiger partial charge in [-0.2, -0.15) is 0 Å². The van der Waals surface area contributed by atoms with Gasteiger partial charge in [-0.25, -0.2) is 0 Å². The van der Waals surface area contributed by atoms with Crippen LogP contribution in [0, 0.1) is 0 Å². The molecule has 0 heterocycles. The van der Waals surface area contributed by atoms with Gasteiger partial charge in [0.15, 0.2) is 0 Å². The fourth-order valence-corrected chi connectivity index (χ4v) is 3.00. The molecule has 3 heteroatoms. The zero-order chi connectivity index (χ0) is 15.2. The van der Waals surface area contributed by atoms with Crippen molar-refractivity contribution in [3.63, 3.8) is 0 Å². The van der Waals surface area contributed by atoms with Crippen molar-refractivity contribution in [3.05, 3.63) is 29.8 Å². The number of phenols is 1. The zero-order valence-corrected chi connectivity index (χ0v) is 13.6. The smallest absolute Gasteiger partial charge is 0.115 e. The largest absolute Gasteiger partial charge is 0.508 e. The predicted molar refractivity (Wildman–Crippen MR) is 86.3 cm³/mol. The quantitative estimate of drug-likeness (QED) is 0.767. The molecule has 0 spiro atoms. The van der Waals surface area contributed by atoms with Crippen LogP contribution in [-0.2, 0) is 6.42 Å². The first-order valence-corrected chi connectivity index (χ1v) is 7.72. The maximum Gasteiger partial charge on any atom is 0.115 e. The predicted octanol–water partition coefficient (Wildman–Crippen LogP) is 3.03. The van der Waals surface area contributed by atoms with E-state index in [1.54, 1.807) is 6.07 Å². The van der Waals surface area contributed by atoms with E-state index in [0.717, 1.165) is 26.1 Å². The maximum atomic E-state index is 9.63. The number of aromatic hydroxyl groups is 1. The lowest BCUT2D eigenvalue weighted by molar-refractivity contribution is 0.0918. The molecule has 0 saturated heterocycles. The average molecular weight is 278 g/mol.